The average molecular weight is 259 g/mol. The topological polar surface area (TPSA) is 76.7 Å². The number of pyridine rings is 1. The van der Waals surface area contributed by atoms with E-state index in [-0.39, 0.29) is 0 Å². The van der Waals surface area contributed by atoms with Crippen molar-refractivity contribution in [3.63, 3.8) is 0 Å². The van der Waals surface area contributed by atoms with Crippen LogP contribution >= 0.6 is 12.2 Å². The van der Waals surface area contributed by atoms with Gasteiger partial charge in [0.05, 0.1) is 17.8 Å². The fourth-order valence-electron chi connectivity index (χ4n) is 1.49. The predicted molar refractivity (Wildman–Crippen MR) is 74.2 cm³/mol. The van der Waals surface area contributed by atoms with E-state index >= 15 is 0 Å². The van der Waals surface area contributed by atoms with Gasteiger partial charge in [-0.2, -0.15) is 0 Å². The summed E-state index contributed by atoms with van der Waals surface area (Å²) in [6.07, 6.45) is 3.21. The number of thiocarbonyl (C=S) groups is 1. The molecule has 5 nitrogen and oxygen atoms in total. The van der Waals surface area contributed by atoms with E-state index in [1.54, 1.807) is 6.20 Å². The minimum atomic E-state index is 0.327. The maximum Gasteiger partial charge on any atom is 0.136 e. The van der Waals surface area contributed by atoms with Crippen molar-refractivity contribution in [1.82, 2.24) is 15.0 Å². The van der Waals surface area contributed by atoms with Gasteiger partial charge in [0.1, 0.15) is 17.1 Å². The van der Waals surface area contributed by atoms with Crippen molar-refractivity contribution in [1.29, 1.82) is 0 Å². The summed E-state index contributed by atoms with van der Waals surface area (Å²) in [6, 6.07) is 5.58. The highest BCUT2D eigenvalue weighted by Crippen LogP contribution is 2.14. The second kappa shape index (κ2) is 5.50. The Morgan fingerprint density at radius 3 is 2.89 bits per heavy atom. The summed E-state index contributed by atoms with van der Waals surface area (Å²) >= 11 is 5.00. The van der Waals surface area contributed by atoms with Gasteiger partial charge in [0.25, 0.3) is 0 Å². The number of nitrogens with zero attached hydrogens (tertiary/aromatic N) is 3. The lowest BCUT2D eigenvalue weighted by Crippen LogP contribution is -2.15. The Morgan fingerprint density at radius 2 is 2.22 bits per heavy atom. The molecule has 3 N–H and O–H groups in total. The lowest BCUT2D eigenvalue weighted by atomic mass is 10.2. The standard InChI is InChI=1S/C12H13N5S/c1-8-2-3-10(11(13)18)12(17-8)15-6-9-4-5-14-7-16-9/h2-5,7H,6H2,1H3,(H2,13,18)(H,15,17). The van der Waals surface area contributed by atoms with Crippen molar-refractivity contribution in [2.75, 3.05) is 5.32 Å². The van der Waals surface area contributed by atoms with Gasteiger partial charge in [-0.15, -0.1) is 0 Å². The maximum absolute atomic E-state index is 5.66. The molecular weight excluding hydrogens is 246 g/mol. The quantitative estimate of drug-likeness (QED) is 0.809. The monoisotopic (exact) mass is 259 g/mol. The molecule has 0 bridgehead atoms. The Balaban J connectivity index is 2.18. The lowest BCUT2D eigenvalue weighted by molar-refractivity contribution is 0.991. The molecule has 92 valence electrons. The molecular formula is C12H13N5S. The van der Waals surface area contributed by atoms with E-state index in [9.17, 15) is 0 Å². The molecule has 0 radical (unpaired) electrons. The van der Waals surface area contributed by atoms with Crippen molar-refractivity contribution in [3.05, 3.63) is 47.7 Å². The molecule has 0 saturated carbocycles. The van der Waals surface area contributed by atoms with Gasteiger partial charge in [0.2, 0.25) is 0 Å². The second-order valence-electron chi connectivity index (χ2n) is 3.77. The molecule has 18 heavy (non-hydrogen) atoms. The number of aromatic nitrogens is 3. The Morgan fingerprint density at radius 1 is 1.39 bits per heavy atom. The molecule has 0 aliphatic heterocycles. The smallest absolute Gasteiger partial charge is 0.136 e. The first-order chi connectivity index (χ1) is 8.66. The number of hydrogen-bond donors (Lipinski definition) is 2. The fourth-order valence-corrected chi connectivity index (χ4v) is 1.65. The average Bonchev–Trinajstić information content (AvgIpc) is 2.37. The van der Waals surface area contributed by atoms with Gasteiger partial charge in [-0.05, 0) is 25.1 Å². The van der Waals surface area contributed by atoms with Crippen molar-refractivity contribution in [2.24, 2.45) is 5.73 Å². The van der Waals surface area contributed by atoms with Crippen molar-refractivity contribution in [2.45, 2.75) is 13.5 Å². The van der Waals surface area contributed by atoms with Crippen LogP contribution in [0.3, 0.4) is 0 Å². The molecule has 2 rings (SSSR count). The molecule has 6 heteroatoms. The Kier molecular flexibility index (Phi) is 3.78. The van der Waals surface area contributed by atoms with Crippen molar-refractivity contribution < 1.29 is 0 Å². The van der Waals surface area contributed by atoms with Crippen LogP contribution < -0.4 is 11.1 Å². The SMILES string of the molecule is Cc1ccc(C(N)=S)c(NCc2ccncn2)n1. The van der Waals surface area contributed by atoms with Gasteiger partial charge in [-0.25, -0.2) is 15.0 Å². The van der Waals surface area contributed by atoms with Gasteiger partial charge >= 0.3 is 0 Å². The third kappa shape index (κ3) is 2.98. The van der Waals surface area contributed by atoms with Gasteiger partial charge in [0.15, 0.2) is 0 Å². The first-order valence-electron chi connectivity index (χ1n) is 5.43. The number of hydrogen-bond acceptors (Lipinski definition) is 5. The van der Waals surface area contributed by atoms with Crippen LogP contribution in [0.25, 0.3) is 0 Å². The van der Waals surface area contributed by atoms with Crippen LogP contribution in [0.4, 0.5) is 5.82 Å². The Bertz CT molecular complexity index is 556. The van der Waals surface area contributed by atoms with E-state index in [1.807, 2.05) is 25.1 Å². The second-order valence-corrected chi connectivity index (χ2v) is 4.21. The van der Waals surface area contributed by atoms with Gasteiger partial charge in [0, 0.05) is 11.9 Å². The summed E-state index contributed by atoms with van der Waals surface area (Å²) in [7, 11) is 0. The molecule has 0 amide bonds. The minimum absolute atomic E-state index is 0.327. The first-order valence-corrected chi connectivity index (χ1v) is 5.84. The van der Waals surface area contributed by atoms with E-state index in [1.165, 1.54) is 6.33 Å². The maximum atomic E-state index is 5.66. The summed E-state index contributed by atoms with van der Waals surface area (Å²) in [5, 5.41) is 3.18. The van der Waals surface area contributed by atoms with Crippen molar-refractivity contribution in [3.8, 4) is 0 Å². The van der Waals surface area contributed by atoms with E-state index in [4.69, 9.17) is 18.0 Å². The molecule has 0 aliphatic rings. The molecule has 0 aromatic carbocycles. The molecule has 2 heterocycles. The summed E-state index contributed by atoms with van der Waals surface area (Å²) in [5.41, 5.74) is 8.18. The third-order valence-corrected chi connectivity index (χ3v) is 2.60. The zero-order chi connectivity index (χ0) is 13.0. The summed E-state index contributed by atoms with van der Waals surface area (Å²) in [5.74, 6) is 0.682. The highest BCUT2D eigenvalue weighted by atomic mass is 32.1. The molecule has 0 atom stereocenters. The zero-order valence-electron chi connectivity index (χ0n) is 9.92. The van der Waals surface area contributed by atoms with E-state index < -0.39 is 0 Å². The van der Waals surface area contributed by atoms with Crippen LogP contribution in [0.1, 0.15) is 17.0 Å². The molecule has 0 aliphatic carbocycles. The molecule has 0 unspecified atom stereocenters. The highest BCUT2D eigenvalue weighted by molar-refractivity contribution is 7.80. The number of anilines is 1. The summed E-state index contributed by atoms with van der Waals surface area (Å²) in [6.45, 7) is 2.47. The first kappa shape index (κ1) is 12.4. The van der Waals surface area contributed by atoms with Gasteiger partial charge in [-0.1, -0.05) is 12.2 Å². The summed E-state index contributed by atoms with van der Waals surface area (Å²) < 4.78 is 0. The zero-order valence-corrected chi connectivity index (χ0v) is 10.7. The number of aryl methyl sites for hydroxylation is 1. The van der Waals surface area contributed by atoms with Crippen molar-refractivity contribution >= 4 is 23.0 Å². The fraction of sp³-hybridized carbons (Fsp3) is 0.167. The lowest BCUT2D eigenvalue weighted by Gasteiger charge is -2.10. The third-order valence-electron chi connectivity index (χ3n) is 2.38. The van der Waals surface area contributed by atoms with E-state index in [0.29, 0.717) is 17.4 Å². The molecule has 0 saturated heterocycles. The van der Waals surface area contributed by atoms with Gasteiger partial charge in [-0.3, -0.25) is 0 Å². The van der Waals surface area contributed by atoms with Crippen LogP contribution in [-0.2, 0) is 6.54 Å². The normalized spacial score (nSPS) is 10.1. The summed E-state index contributed by atoms with van der Waals surface area (Å²) in [4.78, 5) is 12.7. The molecule has 0 fully saturated rings. The Hall–Kier alpha value is -2.08. The predicted octanol–water partition coefficient (Wildman–Crippen LogP) is 1.43. The van der Waals surface area contributed by atoms with Gasteiger partial charge < -0.3 is 11.1 Å². The van der Waals surface area contributed by atoms with E-state index in [2.05, 4.69) is 20.3 Å². The molecule has 2 aromatic heterocycles. The van der Waals surface area contributed by atoms with Crippen LogP contribution in [-0.4, -0.2) is 19.9 Å². The van der Waals surface area contributed by atoms with Crippen LogP contribution in [0, 0.1) is 6.92 Å². The minimum Gasteiger partial charge on any atom is -0.389 e. The molecule has 2 aromatic rings. The largest absolute Gasteiger partial charge is 0.389 e. The number of nitrogens with two attached hydrogens (primary N) is 1. The Labute approximate surface area is 110 Å². The number of rotatable bonds is 4. The van der Waals surface area contributed by atoms with Crippen LogP contribution in [0.2, 0.25) is 0 Å². The van der Waals surface area contributed by atoms with Crippen LogP contribution in [0.5, 0.6) is 0 Å². The highest BCUT2D eigenvalue weighted by Gasteiger charge is 2.07. The van der Waals surface area contributed by atoms with E-state index in [0.717, 1.165) is 17.0 Å². The van der Waals surface area contributed by atoms with Crippen LogP contribution in [0.15, 0.2) is 30.7 Å². The number of nitrogens with one attached hydrogen (secondary N) is 1. The molecule has 0 spiro atoms.